The van der Waals surface area contributed by atoms with E-state index < -0.39 is 5.91 Å². The first-order valence-corrected chi connectivity index (χ1v) is 7.78. The fourth-order valence-electron chi connectivity index (χ4n) is 2.91. The van der Waals surface area contributed by atoms with Gasteiger partial charge >= 0.3 is 0 Å². The normalized spacial score (nSPS) is 13.2. The lowest BCUT2D eigenvalue weighted by Crippen LogP contribution is -2.31. The number of nitrogens with zero attached hydrogens (tertiary/aromatic N) is 3. The summed E-state index contributed by atoms with van der Waals surface area (Å²) in [7, 11) is 1.90. The summed E-state index contributed by atoms with van der Waals surface area (Å²) >= 11 is 0. The predicted octanol–water partition coefficient (Wildman–Crippen LogP) is 1.61. The molecule has 8 nitrogen and oxygen atoms in total. The van der Waals surface area contributed by atoms with Crippen LogP contribution in [0.3, 0.4) is 0 Å². The standard InChI is InChI=1S/C17H15N5O3/c1-22-12-5-7-18-15(23)10(12)9-13(22)11-4-6-19-17(20-11)21-16(24)14-3-2-8-25-14/h2-4,6,8-9H,5,7H2,1H3,(H,18,23)(H,19,20,21,24). The number of aromatic nitrogens is 3. The molecule has 2 N–H and O–H groups in total. The van der Waals surface area contributed by atoms with Gasteiger partial charge in [0.05, 0.1) is 23.2 Å². The molecule has 3 aromatic heterocycles. The molecule has 0 spiro atoms. The van der Waals surface area contributed by atoms with Crippen LogP contribution in [0, 0.1) is 0 Å². The quantitative estimate of drug-likeness (QED) is 0.756. The first-order chi connectivity index (χ1) is 12.1. The van der Waals surface area contributed by atoms with Crippen molar-refractivity contribution in [3.8, 4) is 11.4 Å². The molecule has 25 heavy (non-hydrogen) atoms. The second-order valence-corrected chi connectivity index (χ2v) is 5.65. The van der Waals surface area contributed by atoms with Crippen molar-refractivity contribution >= 4 is 17.8 Å². The Morgan fingerprint density at radius 3 is 3.04 bits per heavy atom. The molecule has 0 saturated heterocycles. The molecule has 0 unspecified atom stereocenters. The molecule has 2 amide bonds. The molecule has 8 heteroatoms. The van der Waals surface area contributed by atoms with Gasteiger partial charge in [-0.15, -0.1) is 0 Å². The van der Waals surface area contributed by atoms with E-state index in [1.165, 1.54) is 6.26 Å². The van der Waals surface area contributed by atoms with Crippen molar-refractivity contribution in [2.24, 2.45) is 7.05 Å². The topological polar surface area (TPSA) is 102 Å². The van der Waals surface area contributed by atoms with Crippen LogP contribution in [0.5, 0.6) is 0 Å². The Balaban J connectivity index is 1.66. The van der Waals surface area contributed by atoms with Crippen LogP contribution in [-0.4, -0.2) is 32.9 Å². The van der Waals surface area contributed by atoms with Crippen LogP contribution in [0.2, 0.25) is 0 Å². The van der Waals surface area contributed by atoms with Gasteiger partial charge < -0.3 is 14.3 Å². The molecule has 126 valence electrons. The lowest BCUT2D eigenvalue weighted by atomic mass is 10.1. The number of anilines is 1. The van der Waals surface area contributed by atoms with E-state index in [2.05, 4.69) is 20.6 Å². The maximum atomic E-state index is 12.0. The lowest BCUT2D eigenvalue weighted by Gasteiger charge is -2.14. The van der Waals surface area contributed by atoms with Gasteiger partial charge in [-0.1, -0.05) is 0 Å². The van der Waals surface area contributed by atoms with E-state index in [0.717, 1.165) is 17.8 Å². The Hall–Kier alpha value is -3.42. The average molecular weight is 337 g/mol. The van der Waals surface area contributed by atoms with Gasteiger partial charge in [-0.05, 0) is 24.3 Å². The summed E-state index contributed by atoms with van der Waals surface area (Å²) in [4.78, 5) is 32.5. The molecule has 1 aliphatic heterocycles. The molecule has 1 aliphatic rings. The van der Waals surface area contributed by atoms with Crippen LogP contribution < -0.4 is 10.6 Å². The minimum Gasteiger partial charge on any atom is -0.459 e. The Bertz CT molecular complexity index is 959. The Morgan fingerprint density at radius 2 is 2.28 bits per heavy atom. The van der Waals surface area contributed by atoms with E-state index in [-0.39, 0.29) is 17.6 Å². The molecular weight excluding hydrogens is 322 g/mol. The van der Waals surface area contributed by atoms with E-state index in [1.54, 1.807) is 24.4 Å². The molecule has 0 radical (unpaired) electrons. The number of amides is 2. The zero-order valence-corrected chi connectivity index (χ0v) is 13.4. The zero-order valence-electron chi connectivity index (χ0n) is 13.4. The fraction of sp³-hybridized carbons (Fsp3) is 0.176. The van der Waals surface area contributed by atoms with Crippen molar-refractivity contribution in [2.45, 2.75) is 6.42 Å². The lowest BCUT2D eigenvalue weighted by molar-refractivity contribution is 0.0944. The largest absolute Gasteiger partial charge is 0.459 e. The molecule has 0 fully saturated rings. The van der Waals surface area contributed by atoms with Crippen LogP contribution >= 0.6 is 0 Å². The average Bonchev–Trinajstić information content (AvgIpc) is 3.25. The van der Waals surface area contributed by atoms with Crippen molar-refractivity contribution in [1.29, 1.82) is 0 Å². The van der Waals surface area contributed by atoms with Crippen molar-refractivity contribution in [3.63, 3.8) is 0 Å². The number of carbonyl (C=O) groups excluding carboxylic acids is 2. The number of fused-ring (bicyclic) bond motifs is 1. The van der Waals surface area contributed by atoms with Gasteiger partial charge in [-0.2, -0.15) is 0 Å². The van der Waals surface area contributed by atoms with Crippen LogP contribution in [0.25, 0.3) is 11.4 Å². The van der Waals surface area contributed by atoms with E-state index in [9.17, 15) is 9.59 Å². The molecule has 3 aromatic rings. The van der Waals surface area contributed by atoms with Gasteiger partial charge in [-0.3, -0.25) is 14.9 Å². The van der Waals surface area contributed by atoms with Crippen molar-refractivity contribution < 1.29 is 14.0 Å². The highest BCUT2D eigenvalue weighted by Crippen LogP contribution is 2.26. The summed E-state index contributed by atoms with van der Waals surface area (Å²) in [5.74, 6) is -0.154. The first-order valence-electron chi connectivity index (χ1n) is 7.78. The summed E-state index contributed by atoms with van der Waals surface area (Å²) < 4.78 is 7.01. The van der Waals surface area contributed by atoms with Crippen LogP contribution in [0.15, 0.2) is 41.1 Å². The molecule has 4 rings (SSSR count). The highest BCUT2D eigenvalue weighted by molar-refractivity contribution is 6.01. The fourth-order valence-corrected chi connectivity index (χ4v) is 2.91. The van der Waals surface area contributed by atoms with Crippen LogP contribution in [0.4, 0.5) is 5.95 Å². The number of furan rings is 1. The predicted molar refractivity (Wildman–Crippen MR) is 89.1 cm³/mol. The Morgan fingerprint density at radius 1 is 1.40 bits per heavy atom. The summed E-state index contributed by atoms with van der Waals surface area (Å²) in [5.41, 5.74) is 3.04. The smallest absolute Gasteiger partial charge is 0.293 e. The van der Waals surface area contributed by atoms with Gasteiger partial charge in [0.1, 0.15) is 0 Å². The minimum atomic E-state index is -0.423. The number of hydrogen-bond donors (Lipinski definition) is 2. The van der Waals surface area contributed by atoms with Crippen LogP contribution in [0.1, 0.15) is 26.6 Å². The monoisotopic (exact) mass is 337 g/mol. The number of hydrogen-bond acceptors (Lipinski definition) is 5. The van der Waals surface area contributed by atoms with Crippen molar-refractivity contribution in [2.75, 3.05) is 11.9 Å². The summed E-state index contributed by atoms with van der Waals surface area (Å²) in [6.07, 6.45) is 3.75. The zero-order chi connectivity index (χ0) is 17.4. The highest BCUT2D eigenvalue weighted by atomic mass is 16.3. The number of nitrogens with one attached hydrogen (secondary N) is 2. The third-order valence-corrected chi connectivity index (χ3v) is 4.14. The Kier molecular flexibility index (Phi) is 3.57. The summed E-state index contributed by atoms with van der Waals surface area (Å²) in [6.45, 7) is 0.622. The van der Waals surface area contributed by atoms with Gasteiger partial charge in [0, 0.05) is 31.9 Å². The number of rotatable bonds is 3. The maximum absolute atomic E-state index is 12.0. The molecule has 0 bridgehead atoms. The first kappa shape index (κ1) is 15.1. The van der Waals surface area contributed by atoms with Crippen molar-refractivity contribution in [1.82, 2.24) is 19.9 Å². The minimum absolute atomic E-state index is 0.0801. The van der Waals surface area contributed by atoms with E-state index in [0.29, 0.717) is 17.8 Å². The molecule has 4 heterocycles. The highest BCUT2D eigenvalue weighted by Gasteiger charge is 2.23. The molecule has 0 aromatic carbocycles. The van der Waals surface area contributed by atoms with Gasteiger partial charge in [-0.25, -0.2) is 9.97 Å². The third kappa shape index (κ3) is 2.67. The molecule has 0 atom stereocenters. The summed E-state index contributed by atoms with van der Waals surface area (Å²) in [6, 6.07) is 6.74. The molecular formula is C17H15N5O3. The van der Waals surface area contributed by atoms with Gasteiger partial charge in [0.25, 0.3) is 11.8 Å². The van der Waals surface area contributed by atoms with E-state index in [1.807, 2.05) is 17.7 Å². The third-order valence-electron chi connectivity index (χ3n) is 4.14. The van der Waals surface area contributed by atoms with Gasteiger partial charge in [0.2, 0.25) is 5.95 Å². The van der Waals surface area contributed by atoms with Crippen molar-refractivity contribution in [3.05, 3.63) is 53.7 Å². The number of carbonyl (C=O) groups is 2. The Labute approximate surface area is 142 Å². The maximum Gasteiger partial charge on any atom is 0.293 e. The summed E-state index contributed by atoms with van der Waals surface area (Å²) in [5, 5.41) is 5.43. The second kappa shape index (κ2) is 5.90. The van der Waals surface area contributed by atoms with E-state index in [4.69, 9.17) is 4.42 Å². The molecule has 0 saturated carbocycles. The SMILES string of the molecule is Cn1c(-c2ccnc(NC(=O)c3ccco3)n2)cc2c1CCNC2=O. The second-order valence-electron chi connectivity index (χ2n) is 5.65. The van der Waals surface area contributed by atoms with Gasteiger partial charge in [0.15, 0.2) is 5.76 Å². The van der Waals surface area contributed by atoms with E-state index >= 15 is 0 Å². The molecule has 0 aliphatic carbocycles. The van der Waals surface area contributed by atoms with Crippen LogP contribution in [-0.2, 0) is 13.5 Å².